The summed E-state index contributed by atoms with van der Waals surface area (Å²) in [6, 6.07) is 7.64. The van der Waals surface area contributed by atoms with Gasteiger partial charge in [0.2, 0.25) is 5.91 Å². The number of amides is 1. The van der Waals surface area contributed by atoms with Crippen LogP contribution in [0.15, 0.2) is 24.3 Å². The second-order valence-electron chi connectivity index (χ2n) is 9.66. The van der Waals surface area contributed by atoms with Gasteiger partial charge in [-0.2, -0.15) is 0 Å². The summed E-state index contributed by atoms with van der Waals surface area (Å²) in [6.45, 7) is 1.38. The van der Waals surface area contributed by atoms with Gasteiger partial charge in [-0.15, -0.1) is 0 Å². The van der Waals surface area contributed by atoms with Crippen molar-refractivity contribution in [2.75, 3.05) is 13.1 Å². The van der Waals surface area contributed by atoms with Gasteiger partial charge in [0.25, 0.3) is 0 Å². The number of phenolic OH excluding ortho intramolecular Hbond substituents is 1. The molecule has 146 valence electrons. The minimum Gasteiger partial charge on any atom is -0.508 e. The van der Waals surface area contributed by atoms with E-state index in [1.54, 1.807) is 12.1 Å². The van der Waals surface area contributed by atoms with Crippen molar-refractivity contribution < 1.29 is 15.0 Å². The molecule has 5 heteroatoms. The lowest BCUT2D eigenvalue weighted by Gasteiger charge is -2.63. The first-order valence-corrected chi connectivity index (χ1v) is 10.4. The van der Waals surface area contributed by atoms with Crippen LogP contribution in [0.25, 0.3) is 0 Å². The highest BCUT2D eigenvalue weighted by Crippen LogP contribution is 2.64. The van der Waals surface area contributed by atoms with Crippen LogP contribution in [-0.4, -0.2) is 46.3 Å². The number of aromatic hydroxyl groups is 1. The number of carbonyl (C=O) groups excluding carboxylic acids is 1. The summed E-state index contributed by atoms with van der Waals surface area (Å²) in [5.41, 5.74) is 7.09. The lowest BCUT2D eigenvalue weighted by atomic mass is 9.42. The zero-order valence-corrected chi connectivity index (χ0v) is 15.8. The summed E-state index contributed by atoms with van der Waals surface area (Å²) in [5, 5.41) is 20.2. The van der Waals surface area contributed by atoms with Crippen LogP contribution in [0, 0.1) is 29.1 Å². The second-order valence-corrected chi connectivity index (χ2v) is 9.66. The molecule has 0 unspecified atom stereocenters. The molecule has 5 aliphatic rings. The molecule has 5 fully saturated rings. The minimum absolute atomic E-state index is 0.0130. The summed E-state index contributed by atoms with van der Waals surface area (Å²) < 4.78 is 0. The van der Waals surface area contributed by atoms with E-state index in [9.17, 15) is 15.0 Å². The van der Waals surface area contributed by atoms with Crippen LogP contribution in [0.1, 0.15) is 37.7 Å². The van der Waals surface area contributed by atoms with Crippen molar-refractivity contribution in [1.82, 2.24) is 4.90 Å². The Morgan fingerprint density at radius 2 is 1.63 bits per heavy atom. The standard InChI is InChI=1S/C22H30N2O3/c23-18-11-24(12-18)20(26)10-22(9-13-1-3-19(25)4-2-13)16-5-14-6-17(22)8-15(7-16)21(14)27/h1-4,14-18,21,25,27H,5-12,23H2. The quantitative estimate of drug-likeness (QED) is 0.756. The zero-order chi connectivity index (χ0) is 18.8. The van der Waals surface area contributed by atoms with Gasteiger partial charge < -0.3 is 20.8 Å². The second kappa shape index (κ2) is 6.21. The Kier molecular flexibility index (Phi) is 4.03. The van der Waals surface area contributed by atoms with Gasteiger partial charge in [0, 0.05) is 25.6 Å². The van der Waals surface area contributed by atoms with E-state index in [1.807, 2.05) is 17.0 Å². The number of aliphatic hydroxyl groups excluding tert-OH is 1. The molecule has 1 saturated heterocycles. The molecule has 0 radical (unpaired) electrons. The Hall–Kier alpha value is -1.59. The van der Waals surface area contributed by atoms with Crippen molar-refractivity contribution in [3.63, 3.8) is 0 Å². The molecular weight excluding hydrogens is 340 g/mol. The normalized spacial score (nSPS) is 40.2. The predicted octanol–water partition coefficient (Wildman–Crippen LogP) is 1.91. The van der Waals surface area contributed by atoms with Crippen molar-refractivity contribution >= 4 is 5.91 Å². The van der Waals surface area contributed by atoms with Crippen LogP contribution in [0.4, 0.5) is 0 Å². The molecule has 27 heavy (non-hydrogen) atoms. The van der Waals surface area contributed by atoms with Crippen molar-refractivity contribution in [2.24, 2.45) is 34.8 Å². The Morgan fingerprint density at radius 1 is 1.07 bits per heavy atom. The number of carbonyl (C=O) groups is 1. The van der Waals surface area contributed by atoms with E-state index in [2.05, 4.69) is 0 Å². The van der Waals surface area contributed by atoms with Gasteiger partial charge in [0.15, 0.2) is 0 Å². The first-order valence-electron chi connectivity index (χ1n) is 10.4. The fraction of sp³-hybridized carbons (Fsp3) is 0.682. The average molecular weight is 370 g/mol. The maximum absolute atomic E-state index is 13.1. The molecule has 4 N–H and O–H groups in total. The molecule has 4 bridgehead atoms. The Bertz CT molecular complexity index is 696. The molecule has 0 atom stereocenters. The van der Waals surface area contributed by atoms with Gasteiger partial charge in [-0.25, -0.2) is 0 Å². The molecule has 1 aromatic carbocycles. The maximum Gasteiger partial charge on any atom is 0.223 e. The van der Waals surface area contributed by atoms with Gasteiger partial charge >= 0.3 is 0 Å². The first kappa shape index (κ1) is 17.5. The average Bonchev–Trinajstić information content (AvgIpc) is 2.59. The number of hydrogen-bond donors (Lipinski definition) is 3. The number of hydrogen-bond acceptors (Lipinski definition) is 4. The van der Waals surface area contributed by atoms with Crippen molar-refractivity contribution in [2.45, 2.75) is 50.7 Å². The van der Waals surface area contributed by atoms with E-state index < -0.39 is 0 Å². The maximum atomic E-state index is 13.1. The summed E-state index contributed by atoms with van der Waals surface area (Å²) in [6.07, 6.45) is 5.58. The van der Waals surface area contributed by atoms with Gasteiger partial charge in [0.1, 0.15) is 5.75 Å². The topological polar surface area (TPSA) is 86.8 Å². The van der Waals surface area contributed by atoms with Crippen LogP contribution in [0.3, 0.4) is 0 Å². The third-order valence-electron chi connectivity index (χ3n) is 8.15. The molecular formula is C22H30N2O3. The Labute approximate surface area is 160 Å². The largest absolute Gasteiger partial charge is 0.508 e. The predicted molar refractivity (Wildman–Crippen MR) is 102 cm³/mol. The smallest absolute Gasteiger partial charge is 0.223 e. The number of nitrogens with zero attached hydrogens (tertiary/aromatic N) is 1. The number of benzene rings is 1. The SMILES string of the molecule is NC1CN(C(=O)CC2(Cc3ccc(O)cc3)C3CC4CC2CC(C3)C4O)C1. The molecule has 1 aromatic rings. The highest BCUT2D eigenvalue weighted by atomic mass is 16.3. The molecule has 1 aliphatic heterocycles. The Balaban J connectivity index is 1.44. The highest BCUT2D eigenvalue weighted by Gasteiger charge is 2.60. The fourth-order valence-electron chi connectivity index (χ4n) is 6.80. The zero-order valence-electron chi connectivity index (χ0n) is 15.8. The van der Waals surface area contributed by atoms with E-state index in [-0.39, 0.29) is 29.2 Å². The van der Waals surface area contributed by atoms with Crippen LogP contribution < -0.4 is 5.73 Å². The molecule has 1 amide bonds. The number of nitrogens with two attached hydrogens (primary N) is 1. The number of rotatable bonds is 4. The molecule has 4 saturated carbocycles. The van der Waals surface area contributed by atoms with Crippen molar-refractivity contribution in [3.8, 4) is 5.75 Å². The van der Waals surface area contributed by atoms with E-state index in [1.165, 1.54) is 5.56 Å². The Morgan fingerprint density at radius 3 is 2.15 bits per heavy atom. The lowest BCUT2D eigenvalue weighted by molar-refractivity contribution is -0.177. The molecule has 0 aromatic heterocycles. The number of likely N-dealkylation sites (tertiary alicyclic amines) is 1. The van der Waals surface area contributed by atoms with Gasteiger partial charge in [-0.1, -0.05) is 12.1 Å². The molecule has 1 heterocycles. The molecule has 0 spiro atoms. The monoisotopic (exact) mass is 370 g/mol. The van der Waals surface area contributed by atoms with Crippen LogP contribution >= 0.6 is 0 Å². The molecule has 4 aliphatic carbocycles. The summed E-state index contributed by atoms with van der Waals surface area (Å²) in [4.78, 5) is 15.0. The van der Waals surface area contributed by atoms with Crippen molar-refractivity contribution in [1.29, 1.82) is 0 Å². The summed E-state index contributed by atoms with van der Waals surface area (Å²) in [7, 11) is 0. The third kappa shape index (κ3) is 2.78. The number of aliphatic hydroxyl groups is 1. The molecule has 5 nitrogen and oxygen atoms in total. The van der Waals surface area contributed by atoms with E-state index in [0.717, 1.165) is 32.1 Å². The lowest BCUT2D eigenvalue weighted by Crippen LogP contribution is -2.62. The van der Waals surface area contributed by atoms with Gasteiger partial charge in [0.05, 0.1) is 6.10 Å². The number of phenols is 1. The van der Waals surface area contributed by atoms with Crippen molar-refractivity contribution in [3.05, 3.63) is 29.8 Å². The van der Waals surface area contributed by atoms with E-state index >= 15 is 0 Å². The fourth-order valence-corrected chi connectivity index (χ4v) is 6.80. The first-order chi connectivity index (χ1) is 12.9. The van der Waals surface area contributed by atoms with Gasteiger partial charge in [-0.05, 0) is 78.9 Å². The molecule has 6 rings (SSSR count). The van der Waals surface area contributed by atoms with Crippen LogP contribution in [-0.2, 0) is 11.2 Å². The van der Waals surface area contributed by atoms with Crippen LogP contribution in [0.2, 0.25) is 0 Å². The minimum atomic E-state index is -0.131. The summed E-state index contributed by atoms with van der Waals surface area (Å²) in [5.74, 6) is 2.41. The van der Waals surface area contributed by atoms with E-state index in [0.29, 0.717) is 43.2 Å². The van der Waals surface area contributed by atoms with Gasteiger partial charge in [-0.3, -0.25) is 4.79 Å². The highest BCUT2D eigenvalue weighted by molar-refractivity contribution is 5.78. The van der Waals surface area contributed by atoms with Crippen LogP contribution in [0.5, 0.6) is 5.75 Å². The third-order valence-corrected chi connectivity index (χ3v) is 8.15. The van der Waals surface area contributed by atoms with E-state index in [4.69, 9.17) is 5.73 Å². The summed E-state index contributed by atoms with van der Waals surface area (Å²) >= 11 is 0.